The number of rotatable bonds is 4. The van der Waals surface area contributed by atoms with Gasteiger partial charge in [-0.15, -0.1) is 0 Å². The monoisotopic (exact) mass is 249 g/mol. The van der Waals surface area contributed by atoms with E-state index < -0.39 is 0 Å². The average molecular weight is 249 g/mol. The lowest BCUT2D eigenvalue weighted by molar-refractivity contribution is 0.0853. The molecule has 0 aliphatic carbocycles. The van der Waals surface area contributed by atoms with Crippen molar-refractivity contribution in [3.05, 3.63) is 29.3 Å². The van der Waals surface area contributed by atoms with E-state index in [1.54, 1.807) is 7.11 Å². The van der Waals surface area contributed by atoms with Gasteiger partial charge >= 0.3 is 0 Å². The van der Waals surface area contributed by atoms with E-state index in [0.717, 1.165) is 38.2 Å². The molecule has 100 valence electrons. The Bertz CT molecular complexity index is 384. The van der Waals surface area contributed by atoms with Crippen LogP contribution in [0.1, 0.15) is 36.8 Å². The fraction of sp³-hybridized carbons (Fsp3) is 0.600. The third kappa shape index (κ3) is 3.24. The summed E-state index contributed by atoms with van der Waals surface area (Å²) in [5.41, 5.74) is 8.52. The highest BCUT2D eigenvalue weighted by Gasteiger charge is 2.17. The first-order valence-corrected chi connectivity index (χ1v) is 6.71. The van der Waals surface area contributed by atoms with Crippen molar-refractivity contribution >= 4 is 0 Å². The first kappa shape index (κ1) is 13.4. The van der Waals surface area contributed by atoms with E-state index in [9.17, 15) is 0 Å². The van der Waals surface area contributed by atoms with Crippen LogP contribution in [0.15, 0.2) is 18.2 Å². The van der Waals surface area contributed by atoms with Crippen molar-refractivity contribution in [1.82, 2.24) is 0 Å². The van der Waals surface area contributed by atoms with Crippen LogP contribution in [0, 0.1) is 0 Å². The summed E-state index contributed by atoms with van der Waals surface area (Å²) in [7, 11) is 1.72. The van der Waals surface area contributed by atoms with Gasteiger partial charge in [0.15, 0.2) is 0 Å². The second kappa shape index (κ2) is 6.21. The smallest absolute Gasteiger partial charge is 0.122 e. The van der Waals surface area contributed by atoms with Crippen molar-refractivity contribution in [2.24, 2.45) is 5.73 Å². The highest BCUT2D eigenvalue weighted by molar-refractivity contribution is 5.39. The van der Waals surface area contributed by atoms with Crippen LogP contribution >= 0.6 is 0 Å². The molecule has 1 aromatic rings. The Morgan fingerprint density at radius 2 is 2.11 bits per heavy atom. The zero-order chi connectivity index (χ0) is 13.0. The van der Waals surface area contributed by atoms with E-state index in [0.29, 0.717) is 5.92 Å². The largest absolute Gasteiger partial charge is 0.496 e. The lowest BCUT2D eigenvalue weighted by Crippen LogP contribution is -2.19. The second-order valence-corrected chi connectivity index (χ2v) is 5.14. The Hall–Kier alpha value is -1.06. The molecule has 2 rings (SSSR count). The molecule has 0 bridgehead atoms. The maximum atomic E-state index is 5.90. The zero-order valence-corrected chi connectivity index (χ0v) is 11.3. The van der Waals surface area contributed by atoms with E-state index in [2.05, 4.69) is 18.2 Å². The summed E-state index contributed by atoms with van der Waals surface area (Å²) < 4.78 is 10.8. The summed E-state index contributed by atoms with van der Waals surface area (Å²) in [6.07, 6.45) is 3.09. The van der Waals surface area contributed by atoms with E-state index in [1.807, 2.05) is 6.92 Å². The zero-order valence-electron chi connectivity index (χ0n) is 11.3. The van der Waals surface area contributed by atoms with Crippen LogP contribution in [0.5, 0.6) is 5.75 Å². The molecule has 3 nitrogen and oxygen atoms in total. The first-order valence-electron chi connectivity index (χ1n) is 6.71. The number of methoxy groups -OCH3 is 1. The highest BCUT2D eigenvalue weighted by Crippen LogP contribution is 2.30. The van der Waals surface area contributed by atoms with E-state index in [-0.39, 0.29) is 6.04 Å². The molecule has 0 saturated carbocycles. The fourth-order valence-electron chi connectivity index (χ4n) is 2.59. The van der Waals surface area contributed by atoms with Crippen LogP contribution in [-0.4, -0.2) is 26.4 Å². The minimum atomic E-state index is 0.156. The van der Waals surface area contributed by atoms with Gasteiger partial charge in [0.25, 0.3) is 0 Å². The predicted octanol–water partition coefficient (Wildman–Crippen LogP) is 2.48. The van der Waals surface area contributed by atoms with Crippen LogP contribution in [0.2, 0.25) is 0 Å². The summed E-state index contributed by atoms with van der Waals surface area (Å²) in [6, 6.07) is 6.67. The summed E-state index contributed by atoms with van der Waals surface area (Å²) in [5.74, 6) is 1.57. The summed E-state index contributed by atoms with van der Waals surface area (Å²) in [4.78, 5) is 0. The lowest BCUT2D eigenvalue weighted by atomic mass is 9.89. The molecule has 2 N–H and O–H groups in total. The van der Waals surface area contributed by atoms with Gasteiger partial charge in [-0.2, -0.15) is 0 Å². The van der Waals surface area contributed by atoms with Crippen molar-refractivity contribution in [3.63, 3.8) is 0 Å². The molecule has 1 heterocycles. The molecular formula is C15H23NO2. The van der Waals surface area contributed by atoms with E-state index in [1.165, 1.54) is 11.1 Å². The number of nitrogens with two attached hydrogens (primary N) is 1. The first-order chi connectivity index (χ1) is 8.70. The minimum absolute atomic E-state index is 0.156. The molecule has 3 heteroatoms. The highest BCUT2D eigenvalue weighted by atomic mass is 16.5. The van der Waals surface area contributed by atoms with Crippen molar-refractivity contribution < 1.29 is 9.47 Å². The molecule has 0 spiro atoms. The normalized spacial score (nSPS) is 18.6. The summed E-state index contributed by atoms with van der Waals surface area (Å²) in [5, 5.41) is 0. The van der Waals surface area contributed by atoms with Gasteiger partial charge < -0.3 is 15.2 Å². The van der Waals surface area contributed by atoms with Gasteiger partial charge in [-0.05, 0) is 49.3 Å². The molecule has 1 aliphatic rings. The topological polar surface area (TPSA) is 44.5 Å². The molecule has 1 aromatic carbocycles. The van der Waals surface area contributed by atoms with Crippen molar-refractivity contribution in [2.75, 3.05) is 20.3 Å². The standard InChI is InChI=1S/C15H23NO2/c1-11(16)9-14-10-13(3-4-15(14)17-2)12-5-7-18-8-6-12/h3-4,10-12H,5-9,16H2,1-2H3. The van der Waals surface area contributed by atoms with Gasteiger partial charge in [-0.3, -0.25) is 0 Å². The maximum absolute atomic E-state index is 5.90. The van der Waals surface area contributed by atoms with Crippen LogP contribution in [0.3, 0.4) is 0 Å². The van der Waals surface area contributed by atoms with Crippen LogP contribution in [-0.2, 0) is 11.2 Å². The maximum Gasteiger partial charge on any atom is 0.122 e. The molecule has 1 fully saturated rings. The van der Waals surface area contributed by atoms with Crippen LogP contribution in [0.25, 0.3) is 0 Å². The predicted molar refractivity (Wildman–Crippen MR) is 73.1 cm³/mol. The molecule has 1 unspecified atom stereocenters. The number of hydrogen-bond donors (Lipinski definition) is 1. The molecular weight excluding hydrogens is 226 g/mol. The van der Waals surface area contributed by atoms with Crippen molar-refractivity contribution in [2.45, 2.75) is 38.1 Å². The van der Waals surface area contributed by atoms with Crippen molar-refractivity contribution in [3.8, 4) is 5.75 Å². The minimum Gasteiger partial charge on any atom is -0.496 e. The molecule has 0 radical (unpaired) electrons. The fourth-order valence-corrected chi connectivity index (χ4v) is 2.59. The average Bonchev–Trinajstić information content (AvgIpc) is 2.39. The molecule has 0 amide bonds. The molecule has 1 aliphatic heterocycles. The van der Waals surface area contributed by atoms with Gasteiger partial charge in [-0.25, -0.2) is 0 Å². The Morgan fingerprint density at radius 3 is 2.72 bits per heavy atom. The molecule has 1 saturated heterocycles. The molecule has 1 atom stereocenters. The quantitative estimate of drug-likeness (QED) is 0.891. The second-order valence-electron chi connectivity index (χ2n) is 5.14. The molecule has 18 heavy (non-hydrogen) atoms. The number of hydrogen-bond acceptors (Lipinski definition) is 3. The Labute approximate surface area is 109 Å². The number of ether oxygens (including phenoxy) is 2. The van der Waals surface area contributed by atoms with Gasteiger partial charge in [0, 0.05) is 19.3 Å². The van der Waals surface area contributed by atoms with Gasteiger partial charge in [-0.1, -0.05) is 12.1 Å². The van der Waals surface area contributed by atoms with Crippen LogP contribution in [0.4, 0.5) is 0 Å². The lowest BCUT2D eigenvalue weighted by Gasteiger charge is -2.23. The summed E-state index contributed by atoms with van der Waals surface area (Å²) >= 11 is 0. The number of benzene rings is 1. The molecule has 0 aromatic heterocycles. The van der Waals surface area contributed by atoms with Crippen molar-refractivity contribution in [1.29, 1.82) is 0 Å². The third-order valence-corrected chi connectivity index (χ3v) is 3.54. The van der Waals surface area contributed by atoms with E-state index >= 15 is 0 Å². The SMILES string of the molecule is COc1ccc(C2CCOCC2)cc1CC(C)N. The van der Waals surface area contributed by atoms with Gasteiger partial charge in [0.1, 0.15) is 5.75 Å². The third-order valence-electron chi connectivity index (χ3n) is 3.54. The van der Waals surface area contributed by atoms with E-state index in [4.69, 9.17) is 15.2 Å². The van der Waals surface area contributed by atoms with Gasteiger partial charge in [0.05, 0.1) is 7.11 Å². The Balaban J connectivity index is 2.20. The summed E-state index contributed by atoms with van der Waals surface area (Å²) in [6.45, 7) is 3.78. The van der Waals surface area contributed by atoms with Gasteiger partial charge in [0.2, 0.25) is 0 Å². The Morgan fingerprint density at radius 1 is 1.39 bits per heavy atom. The van der Waals surface area contributed by atoms with Crippen LogP contribution < -0.4 is 10.5 Å². The Kier molecular flexibility index (Phi) is 4.61.